The smallest absolute Gasteiger partial charge is 0.264 e. The van der Waals surface area contributed by atoms with E-state index in [-0.39, 0.29) is 11.9 Å². The predicted octanol–water partition coefficient (Wildman–Crippen LogP) is 3.58. The number of para-hydroxylation sites is 2. The highest BCUT2D eigenvalue weighted by Crippen LogP contribution is 2.28. The molecule has 6 nitrogen and oxygen atoms in total. The van der Waals surface area contributed by atoms with Crippen molar-refractivity contribution in [3.8, 4) is 0 Å². The lowest BCUT2D eigenvalue weighted by molar-refractivity contribution is -0.132. The monoisotopic (exact) mass is 368 g/mol. The van der Waals surface area contributed by atoms with Crippen molar-refractivity contribution in [2.75, 3.05) is 0 Å². The van der Waals surface area contributed by atoms with Crippen LogP contribution < -0.4 is 5.32 Å². The summed E-state index contributed by atoms with van der Waals surface area (Å²) in [6.45, 7) is 4.15. The van der Waals surface area contributed by atoms with Crippen LogP contribution in [0, 0.1) is 11.8 Å². The third kappa shape index (κ3) is 4.15. The molecule has 2 N–H and O–H groups in total. The Kier molecular flexibility index (Phi) is 5.14. The molecular formula is C21H28N4O2. The summed E-state index contributed by atoms with van der Waals surface area (Å²) >= 11 is 0. The van der Waals surface area contributed by atoms with E-state index in [0.29, 0.717) is 18.3 Å². The van der Waals surface area contributed by atoms with E-state index in [9.17, 15) is 4.79 Å². The Labute approximate surface area is 159 Å². The van der Waals surface area contributed by atoms with Crippen LogP contribution in [0.25, 0.3) is 11.0 Å². The number of aromatic nitrogens is 2. The van der Waals surface area contributed by atoms with Gasteiger partial charge in [-0.05, 0) is 43.2 Å². The molecule has 1 fully saturated rings. The van der Waals surface area contributed by atoms with E-state index < -0.39 is 6.10 Å². The lowest BCUT2D eigenvalue weighted by atomic mass is 9.83. The maximum Gasteiger partial charge on any atom is 0.264 e. The van der Waals surface area contributed by atoms with Gasteiger partial charge in [0.1, 0.15) is 5.82 Å². The van der Waals surface area contributed by atoms with E-state index in [2.05, 4.69) is 35.4 Å². The molecule has 0 saturated heterocycles. The van der Waals surface area contributed by atoms with Crippen molar-refractivity contribution < 1.29 is 9.63 Å². The summed E-state index contributed by atoms with van der Waals surface area (Å²) in [6, 6.07) is 8.35. The number of nitrogens with zero attached hydrogens (tertiary/aromatic N) is 2. The molecule has 2 heterocycles. The SMILES string of the molecule is CC(C)C1=NOC(C(=O)NC2CCCC(Cc3nc4ccccc4[nH]3)C2)C1. The van der Waals surface area contributed by atoms with Crippen LogP contribution in [0.4, 0.5) is 0 Å². The number of hydrogen-bond acceptors (Lipinski definition) is 4. The van der Waals surface area contributed by atoms with Crippen LogP contribution in [-0.2, 0) is 16.1 Å². The molecule has 3 atom stereocenters. The Balaban J connectivity index is 1.31. The first-order valence-electron chi connectivity index (χ1n) is 10.0. The number of hydrogen-bond donors (Lipinski definition) is 2. The predicted molar refractivity (Wildman–Crippen MR) is 105 cm³/mol. The molecule has 3 unspecified atom stereocenters. The molecule has 1 aromatic carbocycles. The van der Waals surface area contributed by atoms with Gasteiger partial charge in [0.05, 0.1) is 16.7 Å². The number of amides is 1. The zero-order valence-corrected chi connectivity index (χ0v) is 16.1. The lowest BCUT2D eigenvalue weighted by Crippen LogP contribution is -2.44. The average Bonchev–Trinajstić information content (AvgIpc) is 3.29. The minimum atomic E-state index is -0.460. The zero-order chi connectivity index (χ0) is 18.8. The van der Waals surface area contributed by atoms with Crippen LogP contribution in [0.15, 0.2) is 29.4 Å². The van der Waals surface area contributed by atoms with Crippen LogP contribution in [-0.4, -0.2) is 33.7 Å². The summed E-state index contributed by atoms with van der Waals surface area (Å²) in [5.41, 5.74) is 3.08. The largest absolute Gasteiger partial charge is 0.382 e. The van der Waals surface area contributed by atoms with Gasteiger partial charge >= 0.3 is 0 Å². The van der Waals surface area contributed by atoms with Gasteiger partial charge in [-0.15, -0.1) is 0 Å². The number of rotatable bonds is 5. The van der Waals surface area contributed by atoms with Gasteiger partial charge in [0, 0.05) is 18.9 Å². The van der Waals surface area contributed by atoms with Crippen molar-refractivity contribution in [3.63, 3.8) is 0 Å². The first-order valence-corrected chi connectivity index (χ1v) is 10.0. The van der Waals surface area contributed by atoms with Crippen molar-refractivity contribution in [2.45, 2.75) is 64.5 Å². The molecule has 1 aromatic heterocycles. The minimum absolute atomic E-state index is 0.0243. The summed E-state index contributed by atoms with van der Waals surface area (Å²) in [5.74, 6) is 1.88. The molecule has 2 aliphatic rings. The lowest BCUT2D eigenvalue weighted by Gasteiger charge is -2.29. The van der Waals surface area contributed by atoms with Crippen molar-refractivity contribution in [1.82, 2.24) is 15.3 Å². The van der Waals surface area contributed by atoms with Gasteiger partial charge in [0.25, 0.3) is 5.91 Å². The Hall–Kier alpha value is -2.37. The van der Waals surface area contributed by atoms with Gasteiger partial charge in [0.2, 0.25) is 6.10 Å². The fraction of sp³-hybridized carbons (Fsp3) is 0.571. The van der Waals surface area contributed by atoms with Crippen molar-refractivity contribution in [1.29, 1.82) is 0 Å². The maximum atomic E-state index is 12.5. The quantitative estimate of drug-likeness (QED) is 0.846. The second-order valence-corrected chi connectivity index (χ2v) is 8.18. The molecule has 0 radical (unpaired) electrons. The molecule has 27 heavy (non-hydrogen) atoms. The van der Waals surface area contributed by atoms with Crippen molar-refractivity contribution in [2.24, 2.45) is 17.0 Å². The number of carbonyl (C=O) groups excluding carboxylic acids is 1. The Morgan fingerprint density at radius 2 is 2.19 bits per heavy atom. The number of H-pyrrole nitrogens is 1. The van der Waals surface area contributed by atoms with Crippen LogP contribution in [0.1, 0.15) is 51.8 Å². The zero-order valence-electron chi connectivity index (χ0n) is 16.1. The number of aromatic amines is 1. The van der Waals surface area contributed by atoms with E-state index >= 15 is 0 Å². The Morgan fingerprint density at radius 3 is 2.96 bits per heavy atom. The molecule has 1 aliphatic heterocycles. The molecule has 4 rings (SSSR count). The van der Waals surface area contributed by atoms with E-state index in [4.69, 9.17) is 9.82 Å². The Morgan fingerprint density at radius 1 is 1.33 bits per heavy atom. The summed E-state index contributed by atoms with van der Waals surface area (Å²) in [4.78, 5) is 26.0. The van der Waals surface area contributed by atoms with Gasteiger partial charge in [-0.25, -0.2) is 4.98 Å². The first kappa shape index (κ1) is 18.0. The maximum absolute atomic E-state index is 12.5. The number of imidazole rings is 1. The summed E-state index contributed by atoms with van der Waals surface area (Å²) in [7, 11) is 0. The van der Waals surface area contributed by atoms with Crippen LogP contribution in [0.5, 0.6) is 0 Å². The molecule has 144 valence electrons. The van der Waals surface area contributed by atoms with Gasteiger partial charge in [-0.2, -0.15) is 0 Å². The molecule has 6 heteroatoms. The summed E-state index contributed by atoms with van der Waals surface area (Å²) < 4.78 is 0. The van der Waals surface area contributed by atoms with Crippen molar-refractivity contribution in [3.05, 3.63) is 30.1 Å². The number of fused-ring (bicyclic) bond motifs is 1. The normalized spacial score (nSPS) is 25.4. The molecule has 0 bridgehead atoms. The topological polar surface area (TPSA) is 79.4 Å². The standard InChI is InChI=1S/C21H28N4O2/c1-13(2)18-12-19(27-25-18)21(26)22-15-7-5-6-14(10-15)11-20-23-16-8-3-4-9-17(16)24-20/h3-4,8-9,13-15,19H,5-7,10-12H2,1-2H3,(H,22,26)(H,23,24). The second kappa shape index (κ2) is 7.71. The van der Waals surface area contributed by atoms with Gasteiger partial charge in [-0.1, -0.05) is 37.6 Å². The Bertz CT molecular complexity index is 809. The van der Waals surface area contributed by atoms with Crippen LogP contribution in [0.2, 0.25) is 0 Å². The highest BCUT2D eigenvalue weighted by molar-refractivity contribution is 5.93. The molecule has 0 spiro atoms. The average molecular weight is 368 g/mol. The van der Waals surface area contributed by atoms with E-state index in [1.807, 2.05) is 18.2 Å². The third-order valence-electron chi connectivity index (χ3n) is 5.70. The highest BCUT2D eigenvalue weighted by atomic mass is 16.6. The van der Waals surface area contributed by atoms with Gasteiger partial charge in [0.15, 0.2) is 0 Å². The number of nitrogens with one attached hydrogen (secondary N) is 2. The van der Waals surface area contributed by atoms with E-state index in [0.717, 1.165) is 48.3 Å². The van der Waals surface area contributed by atoms with Gasteiger partial charge < -0.3 is 15.1 Å². The molecule has 1 saturated carbocycles. The fourth-order valence-electron chi connectivity index (χ4n) is 4.15. The molecule has 1 aliphatic carbocycles. The third-order valence-corrected chi connectivity index (χ3v) is 5.70. The number of benzene rings is 1. The first-order chi connectivity index (χ1) is 13.1. The molecular weight excluding hydrogens is 340 g/mol. The van der Waals surface area contributed by atoms with Crippen molar-refractivity contribution >= 4 is 22.7 Å². The van der Waals surface area contributed by atoms with Crippen LogP contribution in [0.3, 0.4) is 0 Å². The minimum Gasteiger partial charge on any atom is -0.382 e. The highest BCUT2D eigenvalue weighted by Gasteiger charge is 2.32. The van der Waals surface area contributed by atoms with Gasteiger partial charge in [-0.3, -0.25) is 4.79 Å². The summed E-state index contributed by atoms with van der Waals surface area (Å²) in [5, 5.41) is 7.26. The number of oxime groups is 1. The summed E-state index contributed by atoms with van der Waals surface area (Å²) in [6.07, 6.45) is 5.43. The number of carbonyl (C=O) groups is 1. The van der Waals surface area contributed by atoms with E-state index in [1.165, 1.54) is 6.42 Å². The molecule has 2 aromatic rings. The van der Waals surface area contributed by atoms with Crippen LogP contribution >= 0.6 is 0 Å². The second-order valence-electron chi connectivity index (χ2n) is 8.18. The molecule has 1 amide bonds. The van der Waals surface area contributed by atoms with E-state index in [1.54, 1.807) is 0 Å². The fourth-order valence-corrected chi connectivity index (χ4v) is 4.15.